The molecule has 2 aromatic heterocycles. The summed E-state index contributed by atoms with van der Waals surface area (Å²) < 4.78 is 3.06. The Morgan fingerprint density at radius 2 is 0.839 bits per heavy atom. The molecule has 3 saturated heterocycles. The number of carbonyl (C=O) groups excluding carboxylic acids is 6. The van der Waals surface area contributed by atoms with Gasteiger partial charge in [-0.3, -0.25) is 86.5 Å². The summed E-state index contributed by atoms with van der Waals surface area (Å²) in [7, 11) is 0. The van der Waals surface area contributed by atoms with E-state index < -0.39 is 103 Å². The van der Waals surface area contributed by atoms with Crippen LogP contribution < -0.4 is 21.3 Å². The molecular weight excluding hydrogens is 1450 g/mol. The number of nitrogens with one attached hydrogen (secondary N) is 4. The lowest BCUT2D eigenvalue weighted by molar-refractivity contribution is -0.145. The number of amides is 6. The van der Waals surface area contributed by atoms with E-state index in [4.69, 9.17) is 0 Å². The highest BCUT2D eigenvalue weighted by Crippen LogP contribution is 2.40. The van der Waals surface area contributed by atoms with Crippen LogP contribution in [0.5, 0.6) is 23.0 Å². The first kappa shape index (κ1) is 84.8. The van der Waals surface area contributed by atoms with Gasteiger partial charge in [0.1, 0.15) is 41.1 Å². The predicted molar refractivity (Wildman–Crippen MR) is 407 cm³/mol. The van der Waals surface area contributed by atoms with Crippen molar-refractivity contribution < 1.29 is 88.8 Å². The van der Waals surface area contributed by atoms with E-state index in [2.05, 4.69) is 51.5 Å². The van der Waals surface area contributed by atoms with Crippen LogP contribution in [0.3, 0.4) is 0 Å². The van der Waals surface area contributed by atoms with Crippen LogP contribution in [-0.2, 0) is 51.4 Å². The SMILES string of the molecule is CCNC(=O)c1nnc(-c2cc(C(C)C)c(O)cc2O)n1-c1ccc(CN2CCN(C(=O)C[C@@H](NC(=O)CC[C@H](C(=O)O)N3CCN(CC(=O)O)CCN(CC(=O)O)CCN(CC(=O)O)CC3)C(=O)N[C@H](C)C(=O)N3CCN(Cc4ccc(-n5c(C(=O)NCC)nnc5-c5cc(C(C)C)c(O)cc5O)cc4)CC3)CC2)cc1. The first-order valence-corrected chi connectivity index (χ1v) is 37.6. The number of benzene rings is 4. The minimum absolute atomic E-state index is 0.00455. The van der Waals surface area contributed by atoms with E-state index >= 15 is 0 Å². The van der Waals surface area contributed by atoms with E-state index in [1.54, 1.807) is 64.9 Å². The van der Waals surface area contributed by atoms with E-state index in [1.165, 1.54) is 42.9 Å². The van der Waals surface area contributed by atoms with E-state index in [1.807, 2.05) is 52.0 Å². The van der Waals surface area contributed by atoms with Gasteiger partial charge in [0.2, 0.25) is 35.3 Å². The van der Waals surface area contributed by atoms with Crippen molar-refractivity contribution in [2.24, 2.45) is 0 Å². The summed E-state index contributed by atoms with van der Waals surface area (Å²) in [5.74, 6) is -9.14. The fourth-order valence-electron chi connectivity index (χ4n) is 14.0. The predicted octanol–water partition coefficient (Wildman–Crippen LogP) is 1.83. The topological polar surface area (TPSA) is 468 Å². The summed E-state index contributed by atoms with van der Waals surface area (Å²) in [6.45, 7) is 15.6. The molecule has 0 unspecified atom stereocenters. The molecule has 4 aromatic carbocycles. The number of hydrogen-bond acceptors (Lipinski definition) is 24. The van der Waals surface area contributed by atoms with Crippen LogP contribution in [0.15, 0.2) is 72.8 Å². The van der Waals surface area contributed by atoms with E-state index in [9.17, 15) is 88.8 Å². The number of aromatic nitrogens is 6. The lowest BCUT2D eigenvalue weighted by atomic mass is 9.98. The molecule has 9 rings (SSSR count). The Balaban J connectivity index is 0.874. The van der Waals surface area contributed by atoms with Gasteiger partial charge in [0.25, 0.3) is 11.8 Å². The molecule has 6 aromatic rings. The van der Waals surface area contributed by atoms with Gasteiger partial charge < -0.3 is 71.9 Å². The van der Waals surface area contributed by atoms with Crippen molar-refractivity contribution in [3.05, 3.63) is 107 Å². The van der Waals surface area contributed by atoms with Crippen molar-refractivity contribution in [1.29, 1.82) is 0 Å². The van der Waals surface area contributed by atoms with Crippen LogP contribution in [0.1, 0.15) is 123 Å². The monoisotopic (exact) mass is 1550 g/mol. The number of rotatable bonds is 31. The summed E-state index contributed by atoms with van der Waals surface area (Å²) in [5, 5.41) is 111. The number of carbonyl (C=O) groups is 10. The zero-order chi connectivity index (χ0) is 81.2. The standard InChI is InChI=1S/C76H102N18O18/c1-8-77-73(108)70-83-81-68(55-36-53(46(3)4)59(95)39-61(55)97)93(70)51-14-10-49(11-15-51)41-85-26-32-91(33-27-85)64(100)38-57(80-63(99)19-18-58(76(111)112)90-30-24-88(44-66(103)104)22-20-87(43-65(101)102)21-23-89(25-31-90)45-67(105)106)72(107)79-48(7)75(110)92-34-28-86(29-35-92)42-50-12-16-52(17-13-50)94-69(82-84-71(94)74(109)78-9-2)56-37-54(47(5)6)60(96)40-62(56)98/h10-17,36-37,39-40,46-48,57-58,95-98H,8-9,18-35,38,41-45H2,1-7H3,(H,77,108)(H,78,109)(H,79,107)(H,80,99)(H,101,102)(H,103,104)(H,105,106)(H,111,112)/t48-,57-,58-/m1/s1. The second-order valence-electron chi connectivity index (χ2n) is 28.8. The number of aliphatic carboxylic acids is 4. The zero-order valence-electron chi connectivity index (χ0n) is 64.1. The zero-order valence-corrected chi connectivity index (χ0v) is 64.1. The fourth-order valence-corrected chi connectivity index (χ4v) is 14.0. The number of aromatic hydroxyl groups is 4. The lowest BCUT2D eigenvalue weighted by Crippen LogP contribution is -2.57. The Morgan fingerprint density at radius 1 is 0.455 bits per heavy atom. The number of carboxylic acids is 4. The third-order valence-corrected chi connectivity index (χ3v) is 20.1. The highest BCUT2D eigenvalue weighted by atomic mass is 16.4. The third kappa shape index (κ3) is 22.3. The fraction of sp³-hybridized carbons (Fsp3) is 0.500. The Hall–Kier alpha value is -11.2. The maximum absolute atomic E-state index is 14.6. The van der Waals surface area contributed by atoms with Crippen LogP contribution in [0.2, 0.25) is 0 Å². The van der Waals surface area contributed by atoms with Gasteiger partial charge in [-0.25, -0.2) is 0 Å². The molecule has 3 aliphatic rings. The quantitative estimate of drug-likeness (QED) is 0.0295. The largest absolute Gasteiger partial charge is 0.508 e. The minimum atomic E-state index is -1.57. The van der Waals surface area contributed by atoms with Crippen molar-refractivity contribution in [2.45, 2.75) is 111 Å². The van der Waals surface area contributed by atoms with Gasteiger partial charge >= 0.3 is 23.9 Å². The molecule has 112 heavy (non-hydrogen) atoms. The van der Waals surface area contributed by atoms with Crippen molar-refractivity contribution >= 4 is 59.3 Å². The average Bonchev–Trinajstić information content (AvgIpc) is 1.55. The van der Waals surface area contributed by atoms with Crippen LogP contribution in [-0.4, -0.2) is 324 Å². The van der Waals surface area contributed by atoms with Gasteiger partial charge in [-0.15, -0.1) is 20.4 Å². The van der Waals surface area contributed by atoms with Crippen LogP contribution in [0.4, 0.5) is 0 Å². The molecule has 0 spiro atoms. The van der Waals surface area contributed by atoms with Crippen LogP contribution >= 0.6 is 0 Å². The molecule has 0 saturated carbocycles. The highest BCUT2D eigenvalue weighted by molar-refractivity contribution is 5.96. The number of phenols is 4. The van der Waals surface area contributed by atoms with Crippen molar-refractivity contribution in [3.63, 3.8) is 0 Å². The molecule has 0 radical (unpaired) electrons. The molecule has 3 atom stereocenters. The van der Waals surface area contributed by atoms with Crippen LogP contribution in [0, 0.1) is 0 Å². The summed E-state index contributed by atoms with van der Waals surface area (Å²) in [5.41, 5.74) is 4.40. The van der Waals surface area contributed by atoms with E-state index in [0.717, 1.165) is 11.1 Å². The number of hydrogen-bond donors (Lipinski definition) is 12. The van der Waals surface area contributed by atoms with Crippen LogP contribution in [0.25, 0.3) is 34.2 Å². The first-order chi connectivity index (χ1) is 53.4. The third-order valence-electron chi connectivity index (χ3n) is 20.1. The number of phenolic OH excluding ortho intramolecular Hbond substituents is 4. The van der Waals surface area contributed by atoms with E-state index in [0.29, 0.717) is 74.9 Å². The number of piperazine rings is 2. The molecule has 0 aliphatic carbocycles. The molecule has 36 nitrogen and oxygen atoms in total. The summed E-state index contributed by atoms with van der Waals surface area (Å²) in [4.78, 5) is 147. The maximum Gasteiger partial charge on any atom is 0.320 e. The molecule has 36 heteroatoms. The van der Waals surface area contributed by atoms with Crippen molar-refractivity contribution in [1.82, 2.24) is 90.0 Å². The Bertz CT molecular complexity index is 4310. The van der Waals surface area contributed by atoms with E-state index in [-0.39, 0.29) is 161 Å². The van der Waals surface area contributed by atoms with Gasteiger partial charge in [0.05, 0.1) is 37.2 Å². The maximum atomic E-state index is 14.6. The Morgan fingerprint density at radius 3 is 1.21 bits per heavy atom. The van der Waals surface area contributed by atoms with Gasteiger partial charge in [0.15, 0.2) is 11.6 Å². The average molecular weight is 1560 g/mol. The second kappa shape index (κ2) is 39.1. The van der Waals surface area contributed by atoms with Crippen molar-refractivity contribution in [3.8, 4) is 57.1 Å². The number of nitrogens with zero attached hydrogens (tertiary/aromatic N) is 14. The van der Waals surface area contributed by atoms with Gasteiger partial charge in [-0.05, 0) is 97.7 Å². The molecule has 3 aliphatic heterocycles. The smallest absolute Gasteiger partial charge is 0.320 e. The molecule has 12 N–H and O–H groups in total. The summed E-state index contributed by atoms with van der Waals surface area (Å²) in [6, 6.07) is 16.2. The molecular formula is C76H102N18O18. The van der Waals surface area contributed by atoms with Gasteiger partial charge in [-0.1, -0.05) is 52.0 Å². The Labute approximate surface area is 647 Å². The first-order valence-electron chi connectivity index (χ1n) is 37.6. The normalized spacial score (nSPS) is 16.4. The lowest BCUT2D eigenvalue weighted by Gasteiger charge is -2.36. The minimum Gasteiger partial charge on any atom is -0.508 e. The van der Waals surface area contributed by atoms with Crippen molar-refractivity contribution in [2.75, 3.05) is 137 Å². The molecule has 6 amide bonds. The molecule has 0 bridgehead atoms. The van der Waals surface area contributed by atoms with Gasteiger partial charge in [-0.2, -0.15) is 0 Å². The molecule has 5 heterocycles. The number of carboxylic acid groups (broad SMARTS) is 4. The Kier molecular flexibility index (Phi) is 29.6. The summed E-state index contributed by atoms with van der Waals surface area (Å²) in [6.07, 6.45) is -1.41. The second-order valence-corrected chi connectivity index (χ2v) is 28.8. The molecule has 604 valence electrons. The van der Waals surface area contributed by atoms with Gasteiger partial charge in [0, 0.05) is 161 Å². The summed E-state index contributed by atoms with van der Waals surface area (Å²) >= 11 is 0. The molecule has 3 fully saturated rings. The highest BCUT2D eigenvalue weighted by Gasteiger charge is 2.36.